The second-order valence-corrected chi connectivity index (χ2v) is 6.99. The first-order valence-electron chi connectivity index (χ1n) is 8.46. The third-order valence-electron chi connectivity index (χ3n) is 3.94. The van der Waals surface area contributed by atoms with Gasteiger partial charge < -0.3 is 5.32 Å². The molecule has 2 aromatic carbocycles. The third kappa shape index (κ3) is 3.98. The molecular formula is C20H17N5OS. The number of carbonyl (C=O) groups excluding carboxylic acids is 1. The van der Waals surface area contributed by atoms with Crippen LogP contribution in [-0.2, 0) is 4.79 Å². The van der Waals surface area contributed by atoms with E-state index < -0.39 is 0 Å². The minimum Gasteiger partial charge on any atom is -0.325 e. The summed E-state index contributed by atoms with van der Waals surface area (Å²) in [7, 11) is 0. The molecule has 2 aromatic heterocycles. The Hall–Kier alpha value is -3.19. The first-order chi connectivity index (χ1) is 13.2. The molecule has 0 fully saturated rings. The molecule has 0 unspecified atom stereocenters. The zero-order chi connectivity index (χ0) is 18.6. The maximum Gasteiger partial charge on any atom is 0.234 e. The molecule has 6 nitrogen and oxygen atoms in total. The number of benzene rings is 2. The van der Waals surface area contributed by atoms with E-state index >= 15 is 0 Å². The summed E-state index contributed by atoms with van der Waals surface area (Å²) in [6.07, 6.45) is 0. The van der Waals surface area contributed by atoms with Gasteiger partial charge in [-0.3, -0.25) is 4.79 Å². The molecule has 0 aliphatic carbocycles. The number of nitrogens with one attached hydrogen (secondary N) is 1. The molecule has 4 aromatic rings. The van der Waals surface area contributed by atoms with Crippen molar-refractivity contribution in [1.82, 2.24) is 19.8 Å². The molecule has 0 aliphatic heterocycles. The summed E-state index contributed by atoms with van der Waals surface area (Å²) in [5.74, 6) is 0.132. The van der Waals surface area contributed by atoms with Gasteiger partial charge in [-0.05, 0) is 36.8 Å². The molecule has 0 bridgehead atoms. The van der Waals surface area contributed by atoms with Crippen molar-refractivity contribution < 1.29 is 4.79 Å². The number of aromatic nitrogens is 4. The average Bonchev–Trinajstić information content (AvgIpc) is 3.09. The molecular weight excluding hydrogens is 358 g/mol. The lowest BCUT2D eigenvalue weighted by molar-refractivity contribution is -0.113. The van der Waals surface area contributed by atoms with E-state index in [0.717, 1.165) is 22.5 Å². The number of fused-ring (bicyclic) bond motifs is 1. The van der Waals surface area contributed by atoms with Crippen molar-refractivity contribution in [3.63, 3.8) is 0 Å². The van der Waals surface area contributed by atoms with Gasteiger partial charge >= 0.3 is 0 Å². The van der Waals surface area contributed by atoms with Gasteiger partial charge in [-0.15, -0.1) is 10.2 Å². The molecule has 4 rings (SSSR count). The number of thioether (sulfide) groups is 1. The predicted molar refractivity (Wildman–Crippen MR) is 107 cm³/mol. The lowest BCUT2D eigenvalue weighted by Crippen LogP contribution is -2.14. The Bertz CT molecular complexity index is 1090. The van der Waals surface area contributed by atoms with E-state index in [4.69, 9.17) is 0 Å². The van der Waals surface area contributed by atoms with Crippen molar-refractivity contribution in [3.8, 4) is 11.3 Å². The SMILES string of the molecule is Cc1cccc(NC(=O)CSc2nnc3ccc(-c4ccccc4)nn23)c1. The van der Waals surface area contributed by atoms with E-state index in [9.17, 15) is 4.79 Å². The number of rotatable bonds is 5. The van der Waals surface area contributed by atoms with Crippen LogP contribution in [0.5, 0.6) is 0 Å². The summed E-state index contributed by atoms with van der Waals surface area (Å²) in [5, 5.41) is 16.4. The summed E-state index contributed by atoms with van der Waals surface area (Å²) in [6, 6.07) is 21.4. The second kappa shape index (κ2) is 7.59. The smallest absolute Gasteiger partial charge is 0.234 e. The summed E-state index contributed by atoms with van der Waals surface area (Å²) >= 11 is 1.31. The normalized spacial score (nSPS) is 10.9. The molecule has 0 atom stereocenters. The van der Waals surface area contributed by atoms with Crippen molar-refractivity contribution in [2.24, 2.45) is 0 Å². The maximum absolute atomic E-state index is 12.2. The number of anilines is 1. The van der Waals surface area contributed by atoms with E-state index in [-0.39, 0.29) is 11.7 Å². The molecule has 1 amide bonds. The highest BCUT2D eigenvalue weighted by molar-refractivity contribution is 7.99. The summed E-state index contributed by atoms with van der Waals surface area (Å²) in [4.78, 5) is 12.2. The minimum atomic E-state index is -0.0958. The van der Waals surface area contributed by atoms with Crippen LogP contribution in [0.1, 0.15) is 5.56 Å². The number of hydrogen-bond acceptors (Lipinski definition) is 5. The minimum absolute atomic E-state index is 0.0958. The number of aryl methyl sites for hydroxylation is 1. The van der Waals surface area contributed by atoms with Crippen molar-refractivity contribution in [3.05, 3.63) is 72.3 Å². The van der Waals surface area contributed by atoms with Gasteiger partial charge in [0, 0.05) is 11.3 Å². The summed E-state index contributed by atoms with van der Waals surface area (Å²) in [5.41, 5.74) is 4.38. The van der Waals surface area contributed by atoms with Crippen LogP contribution in [0.15, 0.2) is 71.9 Å². The lowest BCUT2D eigenvalue weighted by Gasteiger charge is -2.05. The highest BCUT2D eigenvalue weighted by Crippen LogP contribution is 2.20. The number of hydrogen-bond donors (Lipinski definition) is 1. The van der Waals surface area contributed by atoms with E-state index in [1.54, 1.807) is 4.52 Å². The fourth-order valence-electron chi connectivity index (χ4n) is 2.67. The van der Waals surface area contributed by atoms with Crippen LogP contribution in [-0.4, -0.2) is 31.5 Å². The number of amides is 1. The molecule has 0 saturated carbocycles. The van der Waals surface area contributed by atoms with Gasteiger partial charge in [0.2, 0.25) is 11.1 Å². The quantitative estimate of drug-likeness (QED) is 0.537. The van der Waals surface area contributed by atoms with E-state index in [1.807, 2.05) is 73.7 Å². The Balaban J connectivity index is 1.49. The Morgan fingerprint density at radius 3 is 2.70 bits per heavy atom. The standard InChI is InChI=1S/C20H17N5OS/c1-14-6-5-9-16(12-14)21-19(26)13-27-20-23-22-18-11-10-17(24-25(18)20)15-7-3-2-4-8-15/h2-12H,13H2,1H3,(H,21,26). The predicted octanol–water partition coefficient (Wildman–Crippen LogP) is 3.83. The van der Waals surface area contributed by atoms with Crippen LogP contribution in [0.3, 0.4) is 0 Å². The fraction of sp³-hybridized carbons (Fsp3) is 0.100. The summed E-state index contributed by atoms with van der Waals surface area (Å²) in [6.45, 7) is 1.99. The van der Waals surface area contributed by atoms with Gasteiger partial charge in [0.25, 0.3) is 0 Å². The molecule has 0 aliphatic rings. The van der Waals surface area contributed by atoms with Gasteiger partial charge in [-0.1, -0.05) is 54.2 Å². The number of carbonyl (C=O) groups is 1. The highest BCUT2D eigenvalue weighted by Gasteiger charge is 2.12. The van der Waals surface area contributed by atoms with Crippen molar-refractivity contribution in [2.75, 3.05) is 11.1 Å². The van der Waals surface area contributed by atoms with Crippen LogP contribution >= 0.6 is 11.8 Å². The molecule has 0 saturated heterocycles. The van der Waals surface area contributed by atoms with E-state index in [0.29, 0.717) is 10.8 Å². The maximum atomic E-state index is 12.2. The fourth-order valence-corrected chi connectivity index (χ4v) is 3.36. The highest BCUT2D eigenvalue weighted by atomic mass is 32.2. The monoisotopic (exact) mass is 375 g/mol. The van der Waals surface area contributed by atoms with Crippen molar-refractivity contribution >= 4 is 29.0 Å². The first-order valence-corrected chi connectivity index (χ1v) is 9.45. The topological polar surface area (TPSA) is 72.2 Å². The molecule has 27 heavy (non-hydrogen) atoms. The molecule has 1 N–H and O–H groups in total. The Labute approximate surface area is 160 Å². The summed E-state index contributed by atoms with van der Waals surface area (Å²) < 4.78 is 1.67. The Morgan fingerprint density at radius 1 is 1.04 bits per heavy atom. The zero-order valence-electron chi connectivity index (χ0n) is 14.7. The van der Waals surface area contributed by atoms with E-state index in [2.05, 4.69) is 20.6 Å². The van der Waals surface area contributed by atoms with Crippen LogP contribution in [0.2, 0.25) is 0 Å². The molecule has 134 valence electrons. The van der Waals surface area contributed by atoms with Crippen LogP contribution in [0, 0.1) is 6.92 Å². The molecule has 0 radical (unpaired) electrons. The Morgan fingerprint density at radius 2 is 1.89 bits per heavy atom. The van der Waals surface area contributed by atoms with Crippen molar-refractivity contribution in [1.29, 1.82) is 0 Å². The van der Waals surface area contributed by atoms with Gasteiger partial charge in [-0.2, -0.15) is 9.61 Å². The van der Waals surface area contributed by atoms with Crippen LogP contribution in [0.4, 0.5) is 5.69 Å². The van der Waals surface area contributed by atoms with Gasteiger partial charge in [0.15, 0.2) is 5.65 Å². The first kappa shape index (κ1) is 17.2. The van der Waals surface area contributed by atoms with Gasteiger partial charge in [0.1, 0.15) is 0 Å². The molecule has 2 heterocycles. The van der Waals surface area contributed by atoms with Crippen LogP contribution < -0.4 is 5.32 Å². The van der Waals surface area contributed by atoms with Crippen molar-refractivity contribution in [2.45, 2.75) is 12.1 Å². The van der Waals surface area contributed by atoms with Crippen LogP contribution in [0.25, 0.3) is 16.9 Å². The van der Waals surface area contributed by atoms with E-state index in [1.165, 1.54) is 11.8 Å². The largest absolute Gasteiger partial charge is 0.325 e. The number of nitrogens with zero attached hydrogens (tertiary/aromatic N) is 4. The third-order valence-corrected chi connectivity index (χ3v) is 4.86. The molecule has 0 spiro atoms. The molecule has 7 heteroatoms. The lowest BCUT2D eigenvalue weighted by atomic mass is 10.1. The van der Waals surface area contributed by atoms with Gasteiger partial charge in [0.05, 0.1) is 11.4 Å². The van der Waals surface area contributed by atoms with Gasteiger partial charge in [-0.25, -0.2) is 0 Å². The Kier molecular flexibility index (Phi) is 4.84. The zero-order valence-corrected chi connectivity index (χ0v) is 15.5. The second-order valence-electron chi connectivity index (χ2n) is 6.04. The average molecular weight is 375 g/mol.